The van der Waals surface area contributed by atoms with Crippen molar-refractivity contribution in [2.75, 3.05) is 0 Å². The van der Waals surface area contributed by atoms with Gasteiger partial charge in [-0.1, -0.05) is 34.6 Å². The lowest BCUT2D eigenvalue weighted by Gasteiger charge is -2.53. The van der Waals surface area contributed by atoms with Crippen LogP contribution in [0.2, 0.25) is 0 Å². The molecule has 1 heteroatoms. The molecule has 2 aliphatic carbocycles. The van der Waals surface area contributed by atoms with Gasteiger partial charge in [0.05, 0.1) is 0 Å². The molecule has 3 atom stereocenters. The molecule has 0 heterocycles. The van der Waals surface area contributed by atoms with Gasteiger partial charge in [-0.15, -0.1) is 0 Å². The van der Waals surface area contributed by atoms with Crippen LogP contribution in [0.15, 0.2) is 0 Å². The molecule has 3 unspecified atom stereocenters. The van der Waals surface area contributed by atoms with E-state index in [4.69, 9.17) is 0 Å². The number of ketones is 1. The minimum absolute atomic E-state index is 0.307. The van der Waals surface area contributed by atoms with E-state index in [9.17, 15) is 4.79 Å². The normalized spacial score (nSPS) is 41.6. The predicted octanol–water partition coefficient (Wildman–Crippen LogP) is 4.06. The van der Waals surface area contributed by atoms with E-state index in [1.54, 1.807) is 0 Å². The summed E-state index contributed by atoms with van der Waals surface area (Å²) in [4.78, 5) is 11.9. The Morgan fingerprint density at radius 3 is 2.44 bits per heavy atom. The molecule has 1 nitrogen and oxygen atoms in total. The van der Waals surface area contributed by atoms with Gasteiger partial charge >= 0.3 is 0 Å². The molecular formula is C15H26O. The van der Waals surface area contributed by atoms with Crippen LogP contribution in [0.25, 0.3) is 0 Å². The van der Waals surface area contributed by atoms with Gasteiger partial charge in [-0.2, -0.15) is 0 Å². The van der Waals surface area contributed by atoms with E-state index >= 15 is 0 Å². The highest BCUT2D eigenvalue weighted by atomic mass is 16.1. The molecule has 0 radical (unpaired) electrons. The second kappa shape index (κ2) is 3.58. The topological polar surface area (TPSA) is 17.1 Å². The SMILES string of the molecule is CC1CC2C(CC1=O)CC(C)(C)CC2(C)C. The van der Waals surface area contributed by atoms with Gasteiger partial charge in [-0.3, -0.25) is 4.79 Å². The lowest BCUT2D eigenvalue weighted by Crippen LogP contribution is -2.46. The van der Waals surface area contributed by atoms with Crippen LogP contribution in [0, 0.1) is 28.6 Å². The highest BCUT2D eigenvalue weighted by molar-refractivity contribution is 5.81. The van der Waals surface area contributed by atoms with E-state index in [-0.39, 0.29) is 0 Å². The van der Waals surface area contributed by atoms with Crippen LogP contribution in [-0.4, -0.2) is 5.78 Å². The van der Waals surface area contributed by atoms with Crippen LogP contribution in [-0.2, 0) is 4.79 Å². The number of rotatable bonds is 0. The predicted molar refractivity (Wildman–Crippen MR) is 67.2 cm³/mol. The first kappa shape index (κ1) is 12.1. The fourth-order valence-corrected chi connectivity index (χ4v) is 4.62. The van der Waals surface area contributed by atoms with Crippen molar-refractivity contribution < 1.29 is 4.79 Å². The lowest BCUT2D eigenvalue weighted by atomic mass is 9.51. The van der Waals surface area contributed by atoms with Gasteiger partial charge in [0.1, 0.15) is 5.78 Å². The van der Waals surface area contributed by atoms with Crippen LogP contribution in [0.3, 0.4) is 0 Å². The molecule has 0 aromatic rings. The molecule has 0 N–H and O–H groups in total. The molecule has 0 aromatic carbocycles. The van der Waals surface area contributed by atoms with Crippen molar-refractivity contribution in [1.29, 1.82) is 0 Å². The first-order chi connectivity index (χ1) is 7.21. The van der Waals surface area contributed by atoms with E-state index in [0.29, 0.717) is 28.4 Å². The van der Waals surface area contributed by atoms with Gasteiger partial charge < -0.3 is 0 Å². The Bertz CT molecular complexity index is 301. The van der Waals surface area contributed by atoms with Gasteiger partial charge in [0.15, 0.2) is 0 Å². The summed E-state index contributed by atoms with van der Waals surface area (Å²) in [5.41, 5.74) is 0.840. The molecule has 0 bridgehead atoms. The maximum absolute atomic E-state index is 11.9. The highest BCUT2D eigenvalue weighted by Crippen LogP contribution is 2.56. The molecule has 0 saturated heterocycles. The van der Waals surface area contributed by atoms with Crippen molar-refractivity contribution in [1.82, 2.24) is 0 Å². The molecule has 0 amide bonds. The molecule has 2 saturated carbocycles. The van der Waals surface area contributed by atoms with E-state index in [1.807, 2.05) is 0 Å². The van der Waals surface area contributed by atoms with Gasteiger partial charge in [-0.25, -0.2) is 0 Å². The van der Waals surface area contributed by atoms with Crippen molar-refractivity contribution >= 4 is 5.78 Å². The van der Waals surface area contributed by atoms with Crippen molar-refractivity contribution in [3.63, 3.8) is 0 Å². The third-order valence-electron chi connectivity index (χ3n) is 4.94. The first-order valence-electron chi connectivity index (χ1n) is 6.74. The van der Waals surface area contributed by atoms with E-state index in [0.717, 1.165) is 18.8 Å². The third kappa shape index (κ3) is 2.06. The molecule has 0 aromatic heterocycles. The summed E-state index contributed by atoms with van der Waals surface area (Å²) in [7, 11) is 0. The molecular weight excluding hydrogens is 196 g/mol. The Labute approximate surface area is 100.0 Å². The summed E-state index contributed by atoms with van der Waals surface area (Å²) < 4.78 is 0. The molecule has 92 valence electrons. The van der Waals surface area contributed by atoms with Crippen LogP contribution in [0.4, 0.5) is 0 Å². The zero-order chi connectivity index (χ0) is 12.1. The minimum Gasteiger partial charge on any atom is -0.299 e. The Morgan fingerprint density at radius 1 is 1.19 bits per heavy atom. The molecule has 2 fully saturated rings. The molecule has 2 rings (SSSR count). The van der Waals surface area contributed by atoms with E-state index < -0.39 is 0 Å². The zero-order valence-electron chi connectivity index (χ0n) is 11.5. The fraction of sp³-hybridized carbons (Fsp3) is 0.933. The van der Waals surface area contributed by atoms with Gasteiger partial charge in [0.25, 0.3) is 0 Å². The number of Topliss-reactive ketones (excluding diaryl/α,β-unsaturated/α-hetero) is 1. The lowest BCUT2D eigenvalue weighted by molar-refractivity contribution is -0.132. The van der Waals surface area contributed by atoms with Crippen molar-refractivity contribution in [3.8, 4) is 0 Å². The number of hydrogen-bond acceptors (Lipinski definition) is 1. The van der Waals surface area contributed by atoms with Crippen LogP contribution < -0.4 is 0 Å². The largest absolute Gasteiger partial charge is 0.299 e. The number of hydrogen-bond donors (Lipinski definition) is 0. The average molecular weight is 222 g/mol. The fourth-order valence-electron chi connectivity index (χ4n) is 4.62. The molecule has 16 heavy (non-hydrogen) atoms. The second-order valence-corrected chi connectivity index (χ2v) is 7.71. The van der Waals surface area contributed by atoms with Gasteiger partial charge in [-0.05, 0) is 41.9 Å². The highest BCUT2D eigenvalue weighted by Gasteiger charge is 2.49. The summed E-state index contributed by atoms with van der Waals surface area (Å²) in [6.45, 7) is 11.7. The Kier molecular flexibility index (Phi) is 2.72. The standard InChI is InChI=1S/C15H26O/c1-10-6-12-11(7-13(10)16)8-14(2,3)9-15(12,4)5/h10-12H,6-9H2,1-5H3. The van der Waals surface area contributed by atoms with Crippen LogP contribution >= 0.6 is 0 Å². The maximum Gasteiger partial charge on any atom is 0.135 e. The monoisotopic (exact) mass is 222 g/mol. The average Bonchev–Trinajstić information content (AvgIpc) is 2.06. The van der Waals surface area contributed by atoms with E-state index in [1.165, 1.54) is 12.8 Å². The first-order valence-corrected chi connectivity index (χ1v) is 6.74. The third-order valence-corrected chi connectivity index (χ3v) is 4.94. The summed E-state index contributed by atoms with van der Waals surface area (Å²) in [6, 6.07) is 0. The van der Waals surface area contributed by atoms with E-state index in [2.05, 4.69) is 34.6 Å². The quantitative estimate of drug-likeness (QED) is 0.604. The Balaban J connectivity index is 2.24. The minimum atomic E-state index is 0.307. The summed E-state index contributed by atoms with van der Waals surface area (Å²) in [5, 5.41) is 0. The smallest absolute Gasteiger partial charge is 0.135 e. The Morgan fingerprint density at radius 2 is 1.81 bits per heavy atom. The Hall–Kier alpha value is -0.330. The van der Waals surface area contributed by atoms with Crippen LogP contribution in [0.1, 0.15) is 60.3 Å². The van der Waals surface area contributed by atoms with Gasteiger partial charge in [0, 0.05) is 12.3 Å². The van der Waals surface area contributed by atoms with Crippen molar-refractivity contribution in [2.45, 2.75) is 60.3 Å². The summed E-state index contributed by atoms with van der Waals surface area (Å²) in [6.07, 6.45) is 4.53. The summed E-state index contributed by atoms with van der Waals surface area (Å²) in [5.74, 6) is 2.24. The number of carbonyl (C=O) groups is 1. The zero-order valence-corrected chi connectivity index (χ0v) is 11.5. The molecule has 0 spiro atoms. The maximum atomic E-state index is 11.9. The van der Waals surface area contributed by atoms with Gasteiger partial charge in [0.2, 0.25) is 0 Å². The van der Waals surface area contributed by atoms with Crippen molar-refractivity contribution in [2.24, 2.45) is 28.6 Å². The molecule has 2 aliphatic rings. The number of fused-ring (bicyclic) bond motifs is 1. The second-order valence-electron chi connectivity index (χ2n) is 7.71. The van der Waals surface area contributed by atoms with Crippen LogP contribution in [0.5, 0.6) is 0 Å². The summed E-state index contributed by atoms with van der Waals surface area (Å²) >= 11 is 0. The van der Waals surface area contributed by atoms with Crippen molar-refractivity contribution in [3.05, 3.63) is 0 Å². The number of carbonyl (C=O) groups excluding carboxylic acids is 1. The molecule has 0 aliphatic heterocycles.